The molecule has 2 aromatic carbocycles. The zero-order valence-electron chi connectivity index (χ0n) is 15.6. The Morgan fingerprint density at radius 1 is 1.27 bits per heavy atom. The minimum atomic E-state index is -0.625. The highest BCUT2D eigenvalue weighted by Crippen LogP contribution is 2.37. The third-order valence-corrected chi connectivity index (χ3v) is 5.79. The second kappa shape index (κ2) is 7.59. The van der Waals surface area contributed by atoms with Crippen molar-refractivity contribution >= 4 is 40.2 Å². The molecule has 2 N–H and O–H groups in total. The Bertz CT molecular complexity index is 1240. The minimum absolute atomic E-state index is 0.0681. The van der Waals surface area contributed by atoms with Crippen LogP contribution in [0.5, 0.6) is 0 Å². The van der Waals surface area contributed by atoms with E-state index in [4.69, 9.17) is 0 Å². The van der Waals surface area contributed by atoms with E-state index in [-0.39, 0.29) is 28.3 Å². The van der Waals surface area contributed by atoms with Crippen LogP contribution < -0.4 is 11.0 Å². The van der Waals surface area contributed by atoms with Crippen LogP contribution in [-0.2, 0) is 4.79 Å². The number of nitrogens with one attached hydrogen (secondary N) is 2. The van der Waals surface area contributed by atoms with Crippen molar-refractivity contribution in [3.05, 3.63) is 79.9 Å². The van der Waals surface area contributed by atoms with Crippen molar-refractivity contribution in [2.45, 2.75) is 12.3 Å². The topological polar surface area (TPSA) is 138 Å². The molecule has 10 nitrogen and oxygen atoms in total. The molecule has 0 aliphatic carbocycles. The molecule has 2 amide bonds. The molecule has 1 atom stereocenters. The average Bonchev–Trinajstić information content (AvgIpc) is 3.07. The number of amides is 2. The summed E-state index contributed by atoms with van der Waals surface area (Å²) in [6.07, 6.45) is 0. The number of H-pyrrole nitrogens is 1. The number of thioether (sulfide) groups is 1. The van der Waals surface area contributed by atoms with Crippen LogP contribution in [0.15, 0.2) is 47.3 Å². The standard InChI is InChI=1S/C19H15N5O5S/c1-10-20-14-4-2-3-13(16(14)18(27)21-10)17(26)22-23-15(25)9-30-19(23)11-5-7-12(8-6-11)24(28)29/h2-8,19H,9H2,1H3,(H,22,26)(H,20,21,27). The Balaban J connectivity index is 1.65. The number of hydrogen-bond donors (Lipinski definition) is 2. The molecule has 1 aliphatic heterocycles. The van der Waals surface area contributed by atoms with Crippen LogP contribution in [0.3, 0.4) is 0 Å². The number of fused-ring (bicyclic) bond motifs is 1. The number of aromatic amines is 1. The zero-order valence-corrected chi connectivity index (χ0v) is 16.4. The maximum absolute atomic E-state index is 12.9. The largest absolute Gasteiger partial charge is 0.310 e. The van der Waals surface area contributed by atoms with Crippen LogP contribution in [0.2, 0.25) is 0 Å². The Morgan fingerprint density at radius 3 is 2.70 bits per heavy atom. The molecule has 1 unspecified atom stereocenters. The maximum atomic E-state index is 12.9. The van der Waals surface area contributed by atoms with Gasteiger partial charge in [-0.3, -0.25) is 29.9 Å². The molecule has 3 aromatic rings. The van der Waals surface area contributed by atoms with E-state index < -0.39 is 21.8 Å². The lowest BCUT2D eigenvalue weighted by molar-refractivity contribution is -0.384. The second-order valence-electron chi connectivity index (χ2n) is 6.57. The van der Waals surface area contributed by atoms with Gasteiger partial charge in [0, 0.05) is 12.1 Å². The van der Waals surface area contributed by atoms with Crippen LogP contribution in [0.1, 0.15) is 27.1 Å². The second-order valence-corrected chi connectivity index (χ2v) is 7.64. The molecule has 152 valence electrons. The molecule has 0 spiro atoms. The number of non-ortho nitro benzene ring substituents is 1. The molecular formula is C19H15N5O5S. The van der Waals surface area contributed by atoms with E-state index in [1.54, 1.807) is 31.2 Å². The summed E-state index contributed by atoms with van der Waals surface area (Å²) in [6.45, 7) is 1.64. The van der Waals surface area contributed by atoms with Crippen molar-refractivity contribution in [2.24, 2.45) is 0 Å². The van der Waals surface area contributed by atoms with E-state index in [1.165, 1.54) is 35.0 Å². The maximum Gasteiger partial charge on any atom is 0.270 e. The molecule has 1 aromatic heterocycles. The molecule has 2 heterocycles. The molecule has 1 aliphatic rings. The summed E-state index contributed by atoms with van der Waals surface area (Å²) in [5.74, 6) is -0.382. The van der Waals surface area contributed by atoms with Gasteiger partial charge in [-0.05, 0) is 36.8 Å². The minimum Gasteiger partial charge on any atom is -0.310 e. The molecule has 0 radical (unpaired) electrons. The van der Waals surface area contributed by atoms with Gasteiger partial charge < -0.3 is 4.98 Å². The highest BCUT2D eigenvalue weighted by atomic mass is 32.2. The summed E-state index contributed by atoms with van der Waals surface area (Å²) in [6, 6.07) is 10.5. The first-order valence-electron chi connectivity index (χ1n) is 8.84. The molecule has 0 saturated carbocycles. The fourth-order valence-electron chi connectivity index (χ4n) is 3.22. The average molecular weight is 425 g/mol. The first-order valence-corrected chi connectivity index (χ1v) is 9.88. The lowest BCUT2D eigenvalue weighted by atomic mass is 10.1. The van der Waals surface area contributed by atoms with Gasteiger partial charge >= 0.3 is 0 Å². The predicted octanol–water partition coefficient (Wildman–Crippen LogP) is 2.06. The monoisotopic (exact) mass is 425 g/mol. The number of hydrazine groups is 1. The van der Waals surface area contributed by atoms with E-state index in [0.29, 0.717) is 16.9 Å². The number of nitro benzene ring substituents is 1. The van der Waals surface area contributed by atoms with Gasteiger partial charge in [0.05, 0.1) is 27.1 Å². The number of nitrogens with zero attached hydrogens (tertiary/aromatic N) is 3. The number of nitro groups is 1. The quantitative estimate of drug-likeness (QED) is 0.482. The van der Waals surface area contributed by atoms with Crippen molar-refractivity contribution in [1.82, 2.24) is 20.4 Å². The van der Waals surface area contributed by atoms with Crippen LogP contribution >= 0.6 is 11.8 Å². The van der Waals surface area contributed by atoms with Crippen molar-refractivity contribution in [2.75, 3.05) is 5.75 Å². The Hall–Kier alpha value is -3.73. The van der Waals surface area contributed by atoms with Gasteiger partial charge in [0.2, 0.25) is 0 Å². The van der Waals surface area contributed by atoms with Gasteiger partial charge in [-0.25, -0.2) is 9.99 Å². The predicted molar refractivity (Wildman–Crippen MR) is 110 cm³/mol. The van der Waals surface area contributed by atoms with Crippen LogP contribution in [0.25, 0.3) is 10.9 Å². The first-order chi connectivity index (χ1) is 14.3. The number of rotatable bonds is 4. The molecule has 1 fully saturated rings. The van der Waals surface area contributed by atoms with E-state index in [0.717, 1.165) is 0 Å². The molecule has 0 bridgehead atoms. The van der Waals surface area contributed by atoms with Crippen molar-refractivity contribution in [1.29, 1.82) is 0 Å². The molecule has 11 heteroatoms. The number of benzene rings is 2. The van der Waals surface area contributed by atoms with Gasteiger partial charge in [-0.15, -0.1) is 11.8 Å². The van der Waals surface area contributed by atoms with Crippen molar-refractivity contribution in [3.8, 4) is 0 Å². The third kappa shape index (κ3) is 3.50. The number of carbonyl (C=O) groups is 2. The van der Waals surface area contributed by atoms with Crippen molar-refractivity contribution < 1.29 is 14.5 Å². The fraction of sp³-hybridized carbons (Fsp3) is 0.158. The van der Waals surface area contributed by atoms with Crippen molar-refractivity contribution in [3.63, 3.8) is 0 Å². The highest BCUT2D eigenvalue weighted by molar-refractivity contribution is 8.00. The summed E-state index contributed by atoms with van der Waals surface area (Å²) >= 11 is 1.28. The van der Waals surface area contributed by atoms with Crippen LogP contribution in [0.4, 0.5) is 5.69 Å². The summed E-state index contributed by atoms with van der Waals surface area (Å²) in [5.41, 5.74) is 3.15. The lowest BCUT2D eigenvalue weighted by Crippen LogP contribution is -2.44. The molecule has 1 saturated heterocycles. The number of aryl methyl sites for hydroxylation is 1. The van der Waals surface area contributed by atoms with Gasteiger partial charge in [0.15, 0.2) is 0 Å². The normalized spacial score (nSPS) is 16.1. The molecule has 30 heavy (non-hydrogen) atoms. The number of aromatic nitrogens is 2. The van der Waals surface area contributed by atoms with Gasteiger partial charge in [0.25, 0.3) is 23.1 Å². The SMILES string of the molecule is Cc1nc2cccc(C(=O)NN3C(=O)CSC3c3ccc([N+](=O)[O-])cc3)c2c(=O)[nH]1. The number of hydrogen-bond acceptors (Lipinski definition) is 7. The van der Waals surface area contributed by atoms with E-state index in [9.17, 15) is 24.5 Å². The zero-order chi connectivity index (χ0) is 21.4. The summed E-state index contributed by atoms with van der Waals surface area (Å²) in [4.78, 5) is 54.8. The first kappa shape index (κ1) is 19.6. The Kier molecular flexibility index (Phi) is 4.96. The summed E-state index contributed by atoms with van der Waals surface area (Å²) < 4.78 is 0. The lowest BCUT2D eigenvalue weighted by Gasteiger charge is -2.24. The molecule has 4 rings (SSSR count). The van der Waals surface area contributed by atoms with Gasteiger partial charge in [-0.1, -0.05) is 6.07 Å². The van der Waals surface area contributed by atoms with E-state index in [1.807, 2.05) is 0 Å². The smallest absolute Gasteiger partial charge is 0.270 e. The van der Waals surface area contributed by atoms with Gasteiger partial charge in [0.1, 0.15) is 11.2 Å². The third-order valence-electron chi connectivity index (χ3n) is 4.58. The highest BCUT2D eigenvalue weighted by Gasteiger charge is 2.35. The molecular weight excluding hydrogens is 410 g/mol. The summed E-state index contributed by atoms with van der Waals surface area (Å²) in [7, 11) is 0. The van der Waals surface area contributed by atoms with E-state index >= 15 is 0 Å². The number of carbonyl (C=O) groups excluding carboxylic acids is 2. The summed E-state index contributed by atoms with van der Waals surface area (Å²) in [5, 5.41) is 11.6. The van der Waals surface area contributed by atoms with Crippen LogP contribution in [-0.4, -0.2) is 37.5 Å². The van der Waals surface area contributed by atoms with E-state index in [2.05, 4.69) is 15.4 Å². The fourth-order valence-corrected chi connectivity index (χ4v) is 4.33. The Morgan fingerprint density at radius 2 is 2.00 bits per heavy atom. The van der Waals surface area contributed by atoms with Gasteiger partial charge in [-0.2, -0.15) is 0 Å². The van der Waals surface area contributed by atoms with Crippen LogP contribution in [0, 0.1) is 17.0 Å². The Labute approximate surface area is 173 Å².